The van der Waals surface area contributed by atoms with Gasteiger partial charge in [-0.25, -0.2) is 9.78 Å². The number of rotatable bonds is 10. The SMILES string of the molecule is COC(=O)N[C@@H](Cc1ccccc1)C(=O)N[C@@H](Cc1ccc(NS(=O)(=O)O)cc1)c1nc2ccccc2s1. The van der Waals surface area contributed by atoms with E-state index in [1.165, 1.54) is 30.6 Å². The number of benzene rings is 3. The minimum absolute atomic E-state index is 0.196. The summed E-state index contributed by atoms with van der Waals surface area (Å²) in [6.07, 6.45) is -0.127. The fraction of sp³-hybridized carbons (Fsp3) is 0.192. The molecule has 0 aliphatic rings. The number of carbonyl (C=O) groups excluding carboxylic acids is 2. The molecule has 0 aliphatic heterocycles. The third-order valence-corrected chi connectivity index (χ3v) is 7.29. The summed E-state index contributed by atoms with van der Waals surface area (Å²) in [5, 5.41) is 6.32. The van der Waals surface area contributed by atoms with E-state index in [-0.39, 0.29) is 12.1 Å². The molecule has 198 valence electrons. The Bertz CT molecular complexity index is 1470. The highest BCUT2D eigenvalue weighted by atomic mass is 32.2. The summed E-state index contributed by atoms with van der Waals surface area (Å²) in [5.74, 6) is -0.409. The van der Waals surface area contributed by atoms with Gasteiger partial charge in [0, 0.05) is 6.42 Å². The molecule has 0 spiro atoms. The first-order valence-corrected chi connectivity index (χ1v) is 13.8. The highest BCUT2D eigenvalue weighted by Gasteiger charge is 2.26. The van der Waals surface area contributed by atoms with Gasteiger partial charge in [0.1, 0.15) is 11.0 Å². The van der Waals surface area contributed by atoms with Crippen LogP contribution in [0, 0.1) is 0 Å². The average Bonchev–Trinajstić information content (AvgIpc) is 3.33. The van der Waals surface area contributed by atoms with Gasteiger partial charge in [0.25, 0.3) is 0 Å². The zero-order chi connectivity index (χ0) is 27.1. The average molecular weight is 555 g/mol. The number of hydrogen-bond donors (Lipinski definition) is 4. The van der Waals surface area contributed by atoms with E-state index in [4.69, 9.17) is 14.3 Å². The van der Waals surface area contributed by atoms with Crippen molar-refractivity contribution in [3.63, 3.8) is 0 Å². The molecule has 12 heteroatoms. The second-order valence-electron chi connectivity index (χ2n) is 8.44. The van der Waals surface area contributed by atoms with Crippen LogP contribution in [0.5, 0.6) is 0 Å². The van der Waals surface area contributed by atoms with Crippen LogP contribution in [0.3, 0.4) is 0 Å². The van der Waals surface area contributed by atoms with E-state index < -0.39 is 34.4 Å². The fourth-order valence-electron chi connectivity index (χ4n) is 3.87. The molecule has 0 bridgehead atoms. The fourth-order valence-corrected chi connectivity index (χ4v) is 5.32. The first-order chi connectivity index (χ1) is 18.2. The molecule has 0 aliphatic carbocycles. The highest BCUT2D eigenvalue weighted by Crippen LogP contribution is 2.29. The summed E-state index contributed by atoms with van der Waals surface area (Å²) in [5.41, 5.74) is 2.65. The minimum atomic E-state index is -4.39. The molecule has 1 heterocycles. The van der Waals surface area contributed by atoms with Gasteiger partial charge in [-0.2, -0.15) is 8.42 Å². The molecule has 3 aromatic carbocycles. The van der Waals surface area contributed by atoms with Crippen LogP contribution < -0.4 is 15.4 Å². The number of hydrogen-bond acceptors (Lipinski definition) is 7. The van der Waals surface area contributed by atoms with Crippen LogP contribution in [0.15, 0.2) is 78.9 Å². The predicted molar refractivity (Wildman–Crippen MR) is 145 cm³/mol. The van der Waals surface area contributed by atoms with Crippen molar-refractivity contribution in [3.8, 4) is 0 Å². The van der Waals surface area contributed by atoms with Crippen LogP contribution >= 0.6 is 11.3 Å². The number of alkyl carbamates (subject to hydrolysis) is 1. The lowest BCUT2D eigenvalue weighted by atomic mass is 10.0. The van der Waals surface area contributed by atoms with Gasteiger partial charge in [0.2, 0.25) is 5.91 Å². The van der Waals surface area contributed by atoms with Crippen molar-refractivity contribution in [1.82, 2.24) is 15.6 Å². The van der Waals surface area contributed by atoms with E-state index in [0.29, 0.717) is 11.4 Å². The van der Waals surface area contributed by atoms with E-state index in [2.05, 4.69) is 10.6 Å². The number of nitrogens with zero attached hydrogens (tertiary/aromatic N) is 1. The number of para-hydroxylation sites is 1. The number of fused-ring (bicyclic) bond motifs is 1. The van der Waals surface area contributed by atoms with Gasteiger partial charge in [-0.15, -0.1) is 11.3 Å². The number of anilines is 1. The van der Waals surface area contributed by atoms with Crippen LogP contribution in [-0.4, -0.2) is 43.1 Å². The monoisotopic (exact) mass is 554 g/mol. The van der Waals surface area contributed by atoms with Crippen LogP contribution in [0.2, 0.25) is 0 Å². The molecule has 0 saturated carbocycles. The molecule has 0 radical (unpaired) electrons. The molecule has 4 aromatic rings. The predicted octanol–water partition coefficient (Wildman–Crippen LogP) is 3.88. The number of methoxy groups -OCH3 is 1. The van der Waals surface area contributed by atoms with Crippen molar-refractivity contribution >= 4 is 49.5 Å². The number of ether oxygens (including phenoxy) is 1. The lowest BCUT2D eigenvalue weighted by molar-refractivity contribution is -0.123. The van der Waals surface area contributed by atoms with Gasteiger partial charge in [0.05, 0.1) is 29.1 Å². The number of carbonyl (C=O) groups is 2. The van der Waals surface area contributed by atoms with E-state index in [1.54, 1.807) is 12.1 Å². The largest absolute Gasteiger partial charge is 0.453 e. The molecule has 2 amide bonds. The Morgan fingerprint density at radius 3 is 2.24 bits per heavy atom. The Balaban J connectivity index is 1.60. The zero-order valence-corrected chi connectivity index (χ0v) is 22.0. The molecule has 4 rings (SSSR count). The summed E-state index contributed by atoms with van der Waals surface area (Å²) >= 11 is 1.45. The number of nitrogens with one attached hydrogen (secondary N) is 3. The maximum absolute atomic E-state index is 13.5. The molecule has 0 unspecified atom stereocenters. The van der Waals surface area contributed by atoms with Gasteiger partial charge in [0.15, 0.2) is 0 Å². The Hall–Kier alpha value is -4.00. The second-order valence-corrected chi connectivity index (χ2v) is 10.7. The molecule has 10 nitrogen and oxygen atoms in total. The van der Waals surface area contributed by atoms with Crippen LogP contribution in [0.25, 0.3) is 10.2 Å². The van der Waals surface area contributed by atoms with Crippen LogP contribution in [0.4, 0.5) is 10.5 Å². The van der Waals surface area contributed by atoms with E-state index >= 15 is 0 Å². The van der Waals surface area contributed by atoms with Crippen molar-refractivity contribution in [3.05, 3.63) is 95.0 Å². The Morgan fingerprint density at radius 1 is 0.921 bits per heavy atom. The summed E-state index contributed by atoms with van der Waals surface area (Å²) in [7, 11) is -3.16. The van der Waals surface area contributed by atoms with Gasteiger partial charge in [-0.05, 0) is 41.8 Å². The number of aromatic nitrogens is 1. The van der Waals surface area contributed by atoms with Crippen LogP contribution in [-0.2, 0) is 32.7 Å². The smallest absolute Gasteiger partial charge is 0.407 e. The molecule has 0 saturated heterocycles. The Labute approximate surface area is 223 Å². The first kappa shape index (κ1) is 27.0. The van der Waals surface area contributed by atoms with Crippen LogP contribution in [0.1, 0.15) is 22.2 Å². The van der Waals surface area contributed by atoms with Crippen molar-refractivity contribution in [2.45, 2.75) is 24.9 Å². The molecule has 1 aromatic heterocycles. The van der Waals surface area contributed by atoms with Gasteiger partial charge < -0.3 is 15.4 Å². The van der Waals surface area contributed by atoms with E-state index in [0.717, 1.165) is 21.3 Å². The summed E-state index contributed by atoms with van der Waals surface area (Å²) < 4.78 is 38.9. The molecule has 2 atom stereocenters. The van der Waals surface area contributed by atoms with Gasteiger partial charge in [-0.1, -0.05) is 54.6 Å². The zero-order valence-electron chi connectivity index (χ0n) is 20.3. The van der Waals surface area contributed by atoms with Crippen molar-refractivity contribution in [2.75, 3.05) is 11.8 Å². The topological polar surface area (TPSA) is 147 Å². The first-order valence-electron chi connectivity index (χ1n) is 11.6. The third-order valence-electron chi connectivity index (χ3n) is 5.64. The lowest BCUT2D eigenvalue weighted by Crippen LogP contribution is -2.49. The summed E-state index contributed by atoms with van der Waals surface area (Å²) in [6, 6.07) is 21.9. The number of thiazole rings is 1. The molecule has 4 N–H and O–H groups in total. The van der Waals surface area contributed by atoms with Crippen molar-refractivity contribution < 1.29 is 27.3 Å². The normalized spacial score (nSPS) is 12.9. The summed E-state index contributed by atoms with van der Waals surface area (Å²) in [6.45, 7) is 0. The third kappa shape index (κ3) is 7.51. The maximum atomic E-state index is 13.5. The highest BCUT2D eigenvalue weighted by molar-refractivity contribution is 7.87. The van der Waals surface area contributed by atoms with E-state index in [9.17, 15) is 18.0 Å². The van der Waals surface area contributed by atoms with Crippen molar-refractivity contribution in [1.29, 1.82) is 0 Å². The molecule has 0 fully saturated rings. The van der Waals surface area contributed by atoms with Gasteiger partial charge >= 0.3 is 16.4 Å². The molecule has 38 heavy (non-hydrogen) atoms. The lowest BCUT2D eigenvalue weighted by Gasteiger charge is -2.22. The number of amides is 2. The van der Waals surface area contributed by atoms with Crippen molar-refractivity contribution in [2.24, 2.45) is 0 Å². The second kappa shape index (κ2) is 12.0. The summed E-state index contributed by atoms with van der Waals surface area (Å²) in [4.78, 5) is 30.2. The Morgan fingerprint density at radius 2 is 1.58 bits per heavy atom. The maximum Gasteiger partial charge on any atom is 0.407 e. The molecular weight excluding hydrogens is 528 g/mol. The Kier molecular flexibility index (Phi) is 8.56. The van der Waals surface area contributed by atoms with E-state index in [1.807, 2.05) is 59.3 Å². The quantitative estimate of drug-likeness (QED) is 0.218. The molecular formula is C26H26N4O6S2. The van der Waals surface area contributed by atoms with Gasteiger partial charge in [-0.3, -0.25) is 14.1 Å². The minimum Gasteiger partial charge on any atom is -0.453 e. The standard InChI is InChI=1S/C26H26N4O6S2/c1-36-26(32)29-21(15-17-7-3-2-4-8-17)24(31)27-22(25-28-20-9-5-6-10-23(20)37-25)16-18-11-13-19(14-12-18)30-38(33,34)35/h2-14,21-22,30H,15-16H2,1H3,(H,27,31)(H,29,32)(H,33,34,35)/t21-,22-/m0/s1.